The van der Waals surface area contributed by atoms with Gasteiger partial charge in [0.1, 0.15) is 5.82 Å². The summed E-state index contributed by atoms with van der Waals surface area (Å²) in [6.07, 6.45) is 4.08. The van der Waals surface area contributed by atoms with E-state index in [2.05, 4.69) is 27.3 Å². The summed E-state index contributed by atoms with van der Waals surface area (Å²) in [5.41, 5.74) is 8.88. The molecule has 6 heteroatoms. The van der Waals surface area contributed by atoms with Crippen molar-refractivity contribution < 1.29 is 9.59 Å². The lowest BCUT2D eigenvalue weighted by Gasteiger charge is -2.32. The van der Waals surface area contributed by atoms with E-state index >= 15 is 0 Å². The molecule has 1 aromatic heterocycles. The van der Waals surface area contributed by atoms with Crippen molar-refractivity contribution in [1.82, 2.24) is 4.98 Å². The predicted octanol–water partition coefficient (Wildman–Crippen LogP) is 3.63. The third kappa shape index (κ3) is 5.09. The Balaban J connectivity index is 1.44. The number of hydrogen-bond donors (Lipinski definition) is 2. The number of piperidine rings is 1. The van der Waals surface area contributed by atoms with Crippen LogP contribution >= 0.6 is 0 Å². The van der Waals surface area contributed by atoms with E-state index in [0.717, 1.165) is 36.3 Å². The smallest absolute Gasteiger partial charge is 0.255 e. The van der Waals surface area contributed by atoms with Gasteiger partial charge in [-0.15, -0.1) is 0 Å². The second-order valence-corrected chi connectivity index (χ2v) is 7.87. The van der Waals surface area contributed by atoms with E-state index in [0.29, 0.717) is 24.2 Å². The minimum atomic E-state index is -0.261. The molecular weight excluding hydrogens is 388 g/mol. The second kappa shape index (κ2) is 9.43. The number of amides is 2. The van der Waals surface area contributed by atoms with Gasteiger partial charge in [-0.3, -0.25) is 9.59 Å². The van der Waals surface area contributed by atoms with Crippen LogP contribution in [0.25, 0.3) is 0 Å². The van der Waals surface area contributed by atoms with Crippen LogP contribution in [0.3, 0.4) is 0 Å². The maximum absolute atomic E-state index is 12.9. The number of nitrogens with one attached hydrogen (secondary N) is 1. The zero-order valence-corrected chi connectivity index (χ0v) is 17.3. The first kappa shape index (κ1) is 20.6. The number of anilines is 2. The van der Waals surface area contributed by atoms with Gasteiger partial charge in [0, 0.05) is 18.7 Å². The number of carbonyl (C=O) groups excluding carboxylic acids is 2. The molecule has 3 aromatic rings. The molecule has 1 saturated heterocycles. The Bertz CT molecular complexity index is 1050. The molecule has 1 unspecified atom stereocenters. The van der Waals surface area contributed by atoms with E-state index in [9.17, 15) is 9.59 Å². The number of primary amides is 1. The molecule has 1 fully saturated rings. The molecule has 1 aliphatic heterocycles. The highest BCUT2D eigenvalue weighted by Crippen LogP contribution is 2.23. The Labute approximate surface area is 182 Å². The van der Waals surface area contributed by atoms with E-state index in [4.69, 9.17) is 5.73 Å². The molecule has 3 N–H and O–H groups in total. The topological polar surface area (TPSA) is 88.3 Å². The zero-order valence-electron chi connectivity index (χ0n) is 17.3. The molecule has 0 spiro atoms. The quantitative estimate of drug-likeness (QED) is 0.645. The third-order valence-electron chi connectivity index (χ3n) is 5.65. The van der Waals surface area contributed by atoms with Crippen LogP contribution in [0.1, 0.15) is 34.3 Å². The number of nitrogens with zero attached hydrogens (tertiary/aromatic N) is 2. The highest BCUT2D eigenvalue weighted by molar-refractivity contribution is 6.05. The fourth-order valence-electron chi connectivity index (χ4n) is 3.97. The maximum atomic E-state index is 12.9. The molecule has 0 radical (unpaired) electrons. The first-order chi connectivity index (χ1) is 15.1. The van der Waals surface area contributed by atoms with E-state index in [-0.39, 0.29) is 17.7 Å². The van der Waals surface area contributed by atoms with Crippen LogP contribution in [-0.4, -0.2) is 29.9 Å². The summed E-state index contributed by atoms with van der Waals surface area (Å²) >= 11 is 0. The van der Waals surface area contributed by atoms with Gasteiger partial charge in [0.2, 0.25) is 5.91 Å². The molecule has 0 saturated carbocycles. The van der Waals surface area contributed by atoms with Crippen molar-refractivity contribution >= 4 is 23.3 Å². The molecule has 31 heavy (non-hydrogen) atoms. The molecular formula is C25H26N4O2. The van der Waals surface area contributed by atoms with Crippen LogP contribution in [0.5, 0.6) is 0 Å². The van der Waals surface area contributed by atoms with Gasteiger partial charge >= 0.3 is 0 Å². The average Bonchev–Trinajstić information content (AvgIpc) is 2.80. The van der Waals surface area contributed by atoms with Crippen LogP contribution in [0.15, 0.2) is 72.9 Å². The fourth-order valence-corrected chi connectivity index (χ4v) is 3.97. The van der Waals surface area contributed by atoms with Crippen molar-refractivity contribution in [3.63, 3.8) is 0 Å². The molecule has 2 aromatic carbocycles. The molecule has 0 aliphatic carbocycles. The van der Waals surface area contributed by atoms with Crippen molar-refractivity contribution in [2.45, 2.75) is 19.3 Å². The van der Waals surface area contributed by atoms with Gasteiger partial charge in [0.05, 0.1) is 17.8 Å². The number of rotatable bonds is 6. The fraction of sp³-hybridized carbons (Fsp3) is 0.240. The van der Waals surface area contributed by atoms with Crippen molar-refractivity contribution in [3.8, 4) is 0 Å². The molecule has 6 nitrogen and oxygen atoms in total. The van der Waals surface area contributed by atoms with E-state index in [1.54, 1.807) is 6.20 Å². The Kier molecular flexibility index (Phi) is 6.26. The molecule has 2 amide bonds. The van der Waals surface area contributed by atoms with Crippen LogP contribution in [0.2, 0.25) is 0 Å². The van der Waals surface area contributed by atoms with E-state index < -0.39 is 0 Å². The summed E-state index contributed by atoms with van der Waals surface area (Å²) in [5.74, 6) is 0.222. The summed E-state index contributed by atoms with van der Waals surface area (Å²) < 4.78 is 0. The molecule has 1 aliphatic rings. The minimum Gasteiger partial charge on any atom is -0.369 e. The largest absolute Gasteiger partial charge is 0.369 e. The van der Waals surface area contributed by atoms with Crippen molar-refractivity contribution in [2.24, 2.45) is 11.7 Å². The Morgan fingerprint density at radius 2 is 1.81 bits per heavy atom. The van der Waals surface area contributed by atoms with Gasteiger partial charge in [-0.2, -0.15) is 0 Å². The summed E-state index contributed by atoms with van der Waals surface area (Å²) in [7, 11) is 0. The summed E-state index contributed by atoms with van der Waals surface area (Å²) in [5, 5.41) is 2.95. The molecule has 1 atom stereocenters. The van der Waals surface area contributed by atoms with Gasteiger partial charge in [-0.05, 0) is 48.6 Å². The minimum absolute atomic E-state index is 0.143. The maximum Gasteiger partial charge on any atom is 0.255 e. The number of aromatic nitrogens is 1. The Hall–Kier alpha value is -3.67. The van der Waals surface area contributed by atoms with Crippen LogP contribution in [-0.2, 0) is 11.2 Å². The number of hydrogen-bond acceptors (Lipinski definition) is 4. The number of benzene rings is 2. The van der Waals surface area contributed by atoms with Crippen molar-refractivity contribution in [1.29, 1.82) is 0 Å². The van der Waals surface area contributed by atoms with E-state index in [1.165, 1.54) is 0 Å². The predicted molar refractivity (Wildman–Crippen MR) is 122 cm³/mol. The third-order valence-corrected chi connectivity index (χ3v) is 5.65. The van der Waals surface area contributed by atoms with Crippen LogP contribution < -0.4 is 16.0 Å². The average molecular weight is 415 g/mol. The number of pyridine rings is 1. The number of carbonyl (C=O) groups is 2. The Morgan fingerprint density at radius 3 is 2.55 bits per heavy atom. The van der Waals surface area contributed by atoms with E-state index in [1.807, 2.05) is 54.6 Å². The monoisotopic (exact) mass is 414 g/mol. The second-order valence-electron chi connectivity index (χ2n) is 7.87. The van der Waals surface area contributed by atoms with Crippen LogP contribution in [0, 0.1) is 5.92 Å². The van der Waals surface area contributed by atoms with Crippen molar-refractivity contribution in [3.05, 3.63) is 89.6 Å². The van der Waals surface area contributed by atoms with Gasteiger partial charge in [0.25, 0.3) is 5.91 Å². The summed E-state index contributed by atoms with van der Waals surface area (Å²) in [6.45, 7) is 1.43. The molecule has 158 valence electrons. The molecule has 2 heterocycles. The number of nitrogens with two attached hydrogens (primary N) is 1. The van der Waals surface area contributed by atoms with Crippen LogP contribution in [0.4, 0.5) is 11.5 Å². The first-order valence-corrected chi connectivity index (χ1v) is 10.5. The highest BCUT2D eigenvalue weighted by atomic mass is 16.2. The van der Waals surface area contributed by atoms with Gasteiger partial charge in [0.15, 0.2) is 0 Å². The summed E-state index contributed by atoms with van der Waals surface area (Å²) in [4.78, 5) is 31.0. The summed E-state index contributed by atoms with van der Waals surface area (Å²) in [6, 6.07) is 21.4. The standard InChI is InChI=1S/C25H26N4O2/c26-24(30)20-10-6-14-29(17-20)23-13-12-21(16-27-23)28-25(31)22-11-5-4-9-19(22)15-18-7-2-1-3-8-18/h1-5,7-9,11-13,16,20H,6,10,14-15,17H2,(H2,26,30)(H,28,31). The van der Waals surface area contributed by atoms with Gasteiger partial charge in [-0.25, -0.2) is 4.98 Å². The SMILES string of the molecule is NC(=O)C1CCCN(c2ccc(NC(=O)c3ccccc3Cc3ccccc3)cn2)C1. The van der Waals surface area contributed by atoms with Gasteiger partial charge in [-0.1, -0.05) is 48.5 Å². The zero-order chi connectivity index (χ0) is 21.6. The lowest BCUT2D eigenvalue weighted by atomic mass is 9.97. The normalized spacial score (nSPS) is 16.0. The van der Waals surface area contributed by atoms with Crippen molar-refractivity contribution in [2.75, 3.05) is 23.3 Å². The lowest BCUT2D eigenvalue weighted by molar-refractivity contribution is -0.122. The highest BCUT2D eigenvalue weighted by Gasteiger charge is 2.24. The molecule has 4 rings (SSSR count). The molecule has 0 bridgehead atoms. The van der Waals surface area contributed by atoms with Gasteiger partial charge < -0.3 is 16.0 Å². The first-order valence-electron chi connectivity index (χ1n) is 10.5. The Morgan fingerprint density at radius 1 is 1.03 bits per heavy atom. The lowest BCUT2D eigenvalue weighted by Crippen LogP contribution is -2.41.